The van der Waals surface area contributed by atoms with Crippen molar-refractivity contribution >= 4 is 16.8 Å². The summed E-state index contributed by atoms with van der Waals surface area (Å²) in [5, 5.41) is 3.91. The largest absolute Gasteiger partial charge is 0.350 e. The molecule has 1 fully saturated rings. The molecule has 118 valence electrons. The molecule has 1 aliphatic rings. The van der Waals surface area contributed by atoms with Gasteiger partial charge in [0, 0.05) is 23.5 Å². The van der Waals surface area contributed by atoms with E-state index in [0.717, 1.165) is 42.4 Å². The Kier molecular flexibility index (Phi) is 4.16. The molecule has 2 aromatic rings. The molecular weight excluding hydrogens is 281 g/mol. The second kappa shape index (κ2) is 6.08. The van der Waals surface area contributed by atoms with Crippen molar-refractivity contribution in [3.05, 3.63) is 35.3 Å². The number of amides is 1. The van der Waals surface area contributed by atoms with Crippen LogP contribution in [0.3, 0.4) is 0 Å². The Morgan fingerprint density at radius 1 is 1.50 bits per heavy atom. The van der Waals surface area contributed by atoms with Crippen LogP contribution < -0.4 is 5.32 Å². The number of likely N-dealkylation sites (tertiary alicyclic amines) is 1. The van der Waals surface area contributed by atoms with E-state index in [4.69, 9.17) is 0 Å². The molecule has 22 heavy (non-hydrogen) atoms. The van der Waals surface area contributed by atoms with Crippen LogP contribution in [0.15, 0.2) is 18.2 Å². The summed E-state index contributed by atoms with van der Waals surface area (Å²) in [5.74, 6) is -0.365. The van der Waals surface area contributed by atoms with Crippen molar-refractivity contribution in [2.75, 3.05) is 20.1 Å². The predicted molar refractivity (Wildman–Crippen MR) is 85.6 cm³/mol. The van der Waals surface area contributed by atoms with Crippen LogP contribution in [0, 0.1) is 5.82 Å². The zero-order chi connectivity index (χ0) is 15.7. The van der Waals surface area contributed by atoms with E-state index >= 15 is 0 Å². The number of aromatic amines is 1. The monoisotopic (exact) mass is 303 g/mol. The molecule has 4 nitrogen and oxygen atoms in total. The summed E-state index contributed by atoms with van der Waals surface area (Å²) in [6, 6.07) is 4.78. The number of piperidine rings is 1. The first-order chi connectivity index (χ1) is 10.6. The summed E-state index contributed by atoms with van der Waals surface area (Å²) in [5.41, 5.74) is 2.26. The average molecular weight is 303 g/mol. The highest BCUT2D eigenvalue weighted by Crippen LogP contribution is 2.24. The molecule has 0 bridgehead atoms. The molecule has 0 spiro atoms. The molecule has 2 N–H and O–H groups in total. The normalized spacial score (nSPS) is 19.5. The van der Waals surface area contributed by atoms with Crippen LogP contribution >= 0.6 is 0 Å². The second-order valence-corrected chi connectivity index (χ2v) is 6.10. The number of likely N-dealkylation sites (N-methyl/N-ethyl adjacent to an activating group) is 1. The standard InChI is InChI=1S/C17H22FN3O/c1-3-13-14-9-11(18)6-7-15(14)20-16(13)17(22)19-12-5-4-8-21(2)10-12/h6-7,9,12,20H,3-5,8,10H2,1-2H3,(H,19,22). The van der Waals surface area contributed by atoms with E-state index in [1.807, 2.05) is 6.92 Å². The highest BCUT2D eigenvalue weighted by Gasteiger charge is 2.22. The second-order valence-electron chi connectivity index (χ2n) is 6.10. The molecule has 1 unspecified atom stereocenters. The highest BCUT2D eigenvalue weighted by molar-refractivity contribution is 6.01. The maximum absolute atomic E-state index is 13.5. The lowest BCUT2D eigenvalue weighted by atomic mass is 10.0. The third-order valence-corrected chi connectivity index (χ3v) is 4.41. The van der Waals surface area contributed by atoms with E-state index in [9.17, 15) is 9.18 Å². The molecule has 2 heterocycles. The molecule has 1 atom stereocenters. The van der Waals surface area contributed by atoms with Gasteiger partial charge in [-0.2, -0.15) is 0 Å². The van der Waals surface area contributed by atoms with Gasteiger partial charge >= 0.3 is 0 Å². The van der Waals surface area contributed by atoms with Crippen LogP contribution in [0.25, 0.3) is 10.9 Å². The van der Waals surface area contributed by atoms with E-state index in [-0.39, 0.29) is 17.8 Å². The quantitative estimate of drug-likeness (QED) is 0.916. The Balaban J connectivity index is 1.87. The maximum Gasteiger partial charge on any atom is 0.268 e. The molecule has 1 saturated heterocycles. The van der Waals surface area contributed by atoms with Gasteiger partial charge in [0.15, 0.2) is 0 Å². The van der Waals surface area contributed by atoms with Gasteiger partial charge in [-0.05, 0) is 56.6 Å². The molecule has 1 aromatic carbocycles. The minimum atomic E-state index is -0.276. The van der Waals surface area contributed by atoms with Gasteiger partial charge in [-0.3, -0.25) is 4.79 Å². The zero-order valence-electron chi connectivity index (χ0n) is 13.1. The summed E-state index contributed by atoms with van der Waals surface area (Å²) in [6.45, 7) is 3.94. The Labute approximate surface area is 129 Å². The number of aromatic nitrogens is 1. The smallest absolute Gasteiger partial charge is 0.268 e. The lowest BCUT2D eigenvalue weighted by Gasteiger charge is -2.30. The van der Waals surface area contributed by atoms with Crippen LogP contribution in [-0.2, 0) is 6.42 Å². The molecule has 1 amide bonds. The molecule has 3 rings (SSSR count). The van der Waals surface area contributed by atoms with Gasteiger partial charge < -0.3 is 15.2 Å². The molecule has 0 saturated carbocycles. The summed E-state index contributed by atoms with van der Waals surface area (Å²) in [6.07, 6.45) is 2.79. The van der Waals surface area contributed by atoms with Crippen LogP contribution in [0.2, 0.25) is 0 Å². The van der Waals surface area contributed by atoms with E-state index in [1.54, 1.807) is 6.07 Å². The number of nitrogens with zero attached hydrogens (tertiary/aromatic N) is 1. The zero-order valence-corrected chi connectivity index (χ0v) is 13.1. The van der Waals surface area contributed by atoms with Crippen molar-refractivity contribution in [3.8, 4) is 0 Å². The Morgan fingerprint density at radius 3 is 3.05 bits per heavy atom. The van der Waals surface area contributed by atoms with Crippen LogP contribution in [-0.4, -0.2) is 42.0 Å². The van der Waals surface area contributed by atoms with E-state index in [1.165, 1.54) is 12.1 Å². The Bertz CT molecular complexity index is 695. The number of benzene rings is 1. The number of aryl methyl sites for hydroxylation is 1. The van der Waals surface area contributed by atoms with Gasteiger partial charge in [0.25, 0.3) is 5.91 Å². The van der Waals surface area contributed by atoms with Gasteiger partial charge in [0.2, 0.25) is 0 Å². The molecular formula is C17H22FN3O. The molecule has 0 aliphatic carbocycles. The molecule has 5 heteroatoms. The van der Waals surface area contributed by atoms with Crippen LogP contribution in [0.5, 0.6) is 0 Å². The number of rotatable bonds is 3. The van der Waals surface area contributed by atoms with Crippen molar-refractivity contribution in [2.45, 2.75) is 32.2 Å². The minimum absolute atomic E-state index is 0.0891. The maximum atomic E-state index is 13.5. The van der Waals surface area contributed by atoms with E-state index in [2.05, 4.69) is 22.2 Å². The topological polar surface area (TPSA) is 48.1 Å². The fraction of sp³-hybridized carbons (Fsp3) is 0.471. The summed E-state index contributed by atoms with van der Waals surface area (Å²) < 4.78 is 13.5. The Hall–Kier alpha value is -1.88. The third-order valence-electron chi connectivity index (χ3n) is 4.41. The van der Waals surface area contributed by atoms with Gasteiger partial charge in [-0.1, -0.05) is 6.92 Å². The number of nitrogens with one attached hydrogen (secondary N) is 2. The Morgan fingerprint density at radius 2 is 2.32 bits per heavy atom. The van der Waals surface area contributed by atoms with Crippen LogP contribution in [0.1, 0.15) is 35.8 Å². The van der Waals surface area contributed by atoms with Gasteiger partial charge in [-0.25, -0.2) is 4.39 Å². The van der Waals surface area contributed by atoms with Crippen molar-refractivity contribution in [1.82, 2.24) is 15.2 Å². The van der Waals surface area contributed by atoms with Crippen molar-refractivity contribution in [2.24, 2.45) is 0 Å². The number of fused-ring (bicyclic) bond motifs is 1. The number of halogens is 1. The fourth-order valence-corrected chi connectivity index (χ4v) is 3.32. The average Bonchev–Trinajstić information content (AvgIpc) is 2.85. The fourth-order valence-electron chi connectivity index (χ4n) is 3.32. The molecule has 1 aliphatic heterocycles. The van der Waals surface area contributed by atoms with Crippen molar-refractivity contribution in [1.29, 1.82) is 0 Å². The van der Waals surface area contributed by atoms with Crippen molar-refractivity contribution in [3.63, 3.8) is 0 Å². The summed E-state index contributed by atoms with van der Waals surface area (Å²) in [7, 11) is 2.07. The SMILES string of the molecule is CCc1c(C(=O)NC2CCCN(C)C2)[nH]c2ccc(F)cc12. The summed E-state index contributed by atoms with van der Waals surface area (Å²) in [4.78, 5) is 18.0. The predicted octanol–water partition coefficient (Wildman–Crippen LogP) is 2.69. The van der Waals surface area contributed by atoms with Gasteiger partial charge in [-0.15, -0.1) is 0 Å². The highest BCUT2D eigenvalue weighted by atomic mass is 19.1. The van der Waals surface area contributed by atoms with Crippen LogP contribution in [0.4, 0.5) is 4.39 Å². The summed E-state index contributed by atoms with van der Waals surface area (Å²) >= 11 is 0. The number of hydrogen-bond acceptors (Lipinski definition) is 2. The van der Waals surface area contributed by atoms with E-state index < -0.39 is 0 Å². The lowest BCUT2D eigenvalue weighted by molar-refractivity contribution is 0.0907. The van der Waals surface area contributed by atoms with Crippen molar-refractivity contribution < 1.29 is 9.18 Å². The van der Waals surface area contributed by atoms with Gasteiger partial charge in [0.05, 0.1) is 0 Å². The number of carbonyl (C=O) groups excluding carboxylic acids is 1. The first kappa shape index (κ1) is 15.0. The number of H-pyrrole nitrogens is 1. The molecule has 1 aromatic heterocycles. The number of carbonyl (C=O) groups is 1. The third kappa shape index (κ3) is 2.86. The first-order valence-corrected chi connectivity index (χ1v) is 7.88. The van der Waals surface area contributed by atoms with Gasteiger partial charge in [0.1, 0.15) is 11.5 Å². The minimum Gasteiger partial charge on any atom is -0.350 e. The van der Waals surface area contributed by atoms with E-state index in [0.29, 0.717) is 12.1 Å². The first-order valence-electron chi connectivity index (χ1n) is 7.88. The molecule has 0 radical (unpaired) electrons. The number of hydrogen-bond donors (Lipinski definition) is 2. The lowest BCUT2D eigenvalue weighted by Crippen LogP contribution is -2.46.